The molecule has 92 valence electrons. The molecule has 0 N–H and O–H groups in total. The van der Waals surface area contributed by atoms with Crippen molar-refractivity contribution in [2.45, 2.75) is 19.7 Å². The lowest BCUT2D eigenvalue weighted by Crippen LogP contribution is -2.29. The van der Waals surface area contributed by atoms with Gasteiger partial charge in [-0.15, -0.1) is 11.6 Å². The van der Waals surface area contributed by atoms with E-state index in [2.05, 4.69) is 16.9 Å². The van der Waals surface area contributed by atoms with E-state index >= 15 is 0 Å². The van der Waals surface area contributed by atoms with Gasteiger partial charge in [0, 0.05) is 32.8 Å². The van der Waals surface area contributed by atoms with Crippen LogP contribution in [0.3, 0.4) is 0 Å². The van der Waals surface area contributed by atoms with Crippen molar-refractivity contribution in [3.8, 4) is 0 Å². The van der Waals surface area contributed by atoms with Crippen LogP contribution in [0.1, 0.15) is 18.2 Å². The summed E-state index contributed by atoms with van der Waals surface area (Å²) in [5, 5.41) is 4.41. The molecule has 4 nitrogen and oxygen atoms in total. The molecule has 0 atom stereocenters. The first-order valence-electron chi connectivity index (χ1n) is 5.48. The number of ether oxygens (including phenoxy) is 1. The Balaban J connectivity index is 2.98. The second-order valence-corrected chi connectivity index (χ2v) is 3.98. The summed E-state index contributed by atoms with van der Waals surface area (Å²) in [5.41, 5.74) is 2.12. The minimum atomic E-state index is 0.499. The molecular formula is C11H20ClN3O. The van der Waals surface area contributed by atoms with Crippen molar-refractivity contribution >= 4 is 17.4 Å². The highest BCUT2D eigenvalue weighted by Crippen LogP contribution is 2.24. The molecule has 1 rings (SSSR count). The quantitative estimate of drug-likeness (QED) is 0.718. The van der Waals surface area contributed by atoms with Gasteiger partial charge in [0.15, 0.2) is 0 Å². The smallest absolute Gasteiger partial charge is 0.131 e. The molecule has 0 saturated carbocycles. The molecule has 1 aromatic rings. The number of methoxy groups -OCH3 is 1. The summed E-state index contributed by atoms with van der Waals surface area (Å²) >= 11 is 5.97. The Kier molecular flexibility index (Phi) is 5.09. The highest BCUT2D eigenvalue weighted by atomic mass is 35.5. The lowest BCUT2D eigenvalue weighted by molar-refractivity contribution is 0.205. The van der Waals surface area contributed by atoms with Crippen LogP contribution in [0.15, 0.2) is 0 Å². The van der Waals surface area contributed by atoms with E-state index in [4.69, 9.17) is 16.3 Å². The van der Waals surface area contributed by atoms with Gasteiger partial charge in [0.25, 0.3) is 0 Å². The first kappa shape index (κ1) is 13.3. The molecule has 1 heterocycles. The molecule has 0 amide bonds. The zero-order valence-corrected chi connectivity index (χ0v) is 11.2. The number of hydrogen-bond donors (Lipinski definition) is 0. The van der Waals surface area contributed by atoms with Crippen LogP contribution >= 0.6 is 11.6 Å². The molecular weight excluding hydrogens is 226 g/mol. The maximum atomic E-state index is 5.97. The van der Waals surface area contributed by atoms with E-state index in [1.54, 1.807) is 7.11 Å². The number of aromatic nitrogens is 2. The summed E-state index contributed by atoms with van der Waals surface area (Å²) in [6.45, 7) is 6.60. The van der Waals surface area contributed by atoms with Crippen LogP contribution < -0.4 is 4.90 Å². The van der Waals surface area contributed by atoms with E-state index in [-0.39, 0.29) is 0 Å². The Labute approximate surface area is 102 Å². The summed E-state index contributed by atoms with van der Waals surface area (Å²) < 4.78 is 7.01. The summed E-state index contributed by atoms with van der Waals surface area (Å²) in [5.74, 6) is 1.60. The average Bonchev–Trinajstić information content (AvgIpc) is 2.55. The molecule has 1 aromatic heterocycles. The molecule has 0 unspecified atom stereocenters. The van der Waals surface area contributed by atoms with Crippen molar-refractivity contribution in [1.29, 1.82) is 0 Å². The standard InChI is InChI=1S/C11H20ClN3O/c1-5-15(6-7-16-4)11-10(8-12)9(2)13-14(11)3/h5-8H2,1-4H3. The molecule has 5 heteroatoms. The van der Waals surface area contributed by atoms with Crippen LogP contribution in [-0.2, 0) is 17.7 Å². The largest absolute Gasteiger partial charge is 0.383 e. The van der Waals surface area contributed by atoms with Gasteiger partial charge >= 0.3 is 0 Å². The van der Waals surface area contributed by atoms with Crippen molar-refractivity contribution in [3.63, 3.8) is 0 Å². The van der Waals surface area contributed by atoms with Crippen molar-refractivity contribution < 1.29 is 4.74 Å². The zero-order valence-electron chi connectivity index (χ0n) is 10.5. The summed E-state index contributed by atoms with van der Waals surface area (Å²) in [6.07, 6.45) is 0. The average molecular weight is 246 g/mol. The molecule has 0 aromatic carbocycles. The fourth-order valence-electron chi connectivity index (χ4n) is 1.86. The number of nitrogens with zero attached hydrogens (tertiary/aromatic N) is 3. The van der Waals surface area contributed by atoms with Crippen LogP contribution in [0.4, 0.5) is 5.82 Å². The minimum absolute atomic E-state index is 0.499. The zero-order chi connectivity index (χ0) is 12.1. The van der Waals surface area contributed by atoms with Crippen LogP contribution in [0.2, 0.25) is 0 Å². The highest BCUT2D eigenvalue weighted by molar-refractivity contribution is 6.17. The van der Waals surface area contributed by atoms with E-state index in [0.717, 1.165) is 30.2 Å². The van der Waals surface area contributed by atoms with Gasteiger partial charge in [-0.3, -0.25) is 4.68 Å². The summed E-state index contributed by atoms with van der Waals surface area (Å²) in [4.78, 5) is 2.24. The van der Waals surface area contributed by atoms with E-state index < -0.39 is 0 Å². The number of halogens is 1. The van der Waals surface area contributed by atoms with E-state index in [9.17, 15) is 0 Å². The predicted octanol–water partition coefficient (Wildman–Crippen LogP) is 1.94. The van der Waals surface area contributed by atoms with Gasteiger partial charge in [0.2, 0.25) is 0 Å². The Morgan fingerprint density at radius 3 is 2.69 bits per heavy atom. The number of likely N-dealkylation sites (N-methyl/N-ethyl adjacent to an activating group) is 1. The number of aryl methyl sites for hydroxylation is 2. The van der Waals surface area contributed by atoms with Gasteiger partial charge in [-0.05, 0) is 13.8 Å². The SMILES string of the molecule is CCN(CCOC)c1c(CCl)c(C)nn1C. The third-order valence-corrected chi connectivity index (χ3v) is 2.96. The van der Waals surface area contributed by atoms with Crippen LogP contribution in [0.25, 0.3) is 0 Å². The van der Waals surface area contributed by atoms with Crippen molar-refractivity contribution in [1.82, 2.24) is 9.78 Å². The van der Waals surface area contributed by atoms with Gasteiger partial charge < -0.3 is 9.64 Å². The number of rotatable bonds is 6. The Bertz CT molecular complexity index is 338. The van der Waals surface area contributed by atoms with Crippen LogP contribution in [-0.4, -0.2) is 36.6 Å². The molecule has 0 aliphatic heterocycles. The second-order valence-electron chi connectivity index (χ2n) is 3.72. The van der Waals surface area contributed by atoms with Gasteiger partial charge in [-0.1, -0.05) is 0 Å². The predicted molar refractivity (Wildman–Crippen MR) is 67.3 cm³/mol. The van der Waals surface area contributed by atoms with Crippen molar-refractivity contribution in [3.05, 3.63) is 11.3 Å². The molecule has 0 saturated heterocycles. The molecule has 0 bridgehead atoms. The fraction of sp³-hybridized carbons (Fsp3) is 0.727. The van der Waals surface area contributed by atoms with Gasteiger partial charge in [-0.25, -0.2) is 0 Å². The number of anilines is 1. The minimum Gasteiger partial charge on any atom is -0.383 e. The summed E-state index contributed by atoms with van der Waals surface area (Å²) in [7, 11) is 3.67. The van der Waals surface area contributed by atoms with Crippen LogP contribution in [0, 0.1) is 6.92 Å². The molecule has 0 fully saturated rings. The molecule has 0 aliphatic rings. The molecule has 16 heavy (non-hydrogen) atoms. The Hall–Kier alpha value is -0.740. The molecule has 0 aliphatic carbocycles. The number of alkyl halides is 1. The van der Waals surface area contributed by atoms with E-state index in [1.165, 1.54) is 0 Å². The van der Waals surface area contributed by atoms with Gasteiger partial charge in [0.05, 0.1) is 18.2 Å². The van der Waals surface area contributed by atoms with E-state index in [1.807, 2.05) is 18.7 Å². The van der Waals surface area contributed by atoms with E-state index in [0.29, 0.717) is 12.5 Å². The first-order valence-corrected chi connectivity index (χ1v) is 6.01. The molecule has 0 radical (unpaired) electrons. The first-order chi connectivity index (χ1) is 7.65. The monoisotopic (exact) mass is 245 g/mol. The highest BCUT2D eigenvalue weighted by Gasteiger charge is 2.17. The Morgan fingerprint density at radius 2 is 2.19 bits per heavy atom. The maximum Gasteiger partial charge on any atom is 0.131 e. The second kappa shape index (κ2) is 6.11. The third kappa shape index (κ3) is 2.68. The van der Waals surface area contributed by atoms with Gasteiger partial charge in [-0.2, -0.15) is 5.10 Å². The molecule has 0 spiro atoms. The Morgan fingerprint density at radius 1 is 1.50 bits per heavy atom. The van der Waals surface area contributed by atoms with Crippen molar-refractivity contribution in [2.75, 3.05) is 31.7 Å². The topological polar surface area (TPSA) is 30.3 Å². The third-order valence-electron chi connectivity index (χ3n) is 2.69. The lowest BCUT2D eigenvalue weighted by atomic mass is 10.2. The van der Waals surface area contributed by atoms with Crippen molar-refractivity contribution in [2.24, 2.45) is 7.05 Å². The normalized spacial score (nSPS) is 10.8. The van der Waals surface area contributed by atoms with Gasteiger partial charge in [0.1, 0.15) is 5.82 Å². The van der Waals surface area contributed by atoms with Crippen LogP contribution in [0.5, 0.6) is 0 Å². The number of hydrogen-bond acceptors (Lipinski definition) is 3. The fourth-order valence-corrected chi connectivity index (χ4v) is 2.17. The maximum absolute atomic E-state index is 5.97. The lowest BCUT2D eigenvalue weighted by Gasteiger charge is -2.23. The summed E-state index contributed by atoms with van der Waals surface area (Å²) in [6, 6.07) is 0.